The first-order chi connectivity index (χ1) is 7.17. The molecule has 0 bridgehead atoms. The van der Waals surface area contributed by atoms with Crippen molar-refractivity contribution in [2.75, 3.05) is 32.1 Å². The normalized spacial score (nSPS) is 12.3. The van der Waals surface area contributed by atoms with Crippen molar-refractivity contribution in [2.45, 2.75) is 6.92 Å². The van der Waals surface area contributed by atoms with Gasteiger partial charge in [-0.1, -0.05) is 6.92 Å². The molecular formula is C10H18N4O. The average molecular weight is 210 g/mol. The van der Waals surface area contributed by atoms with Crippen molar-refractivity contribution < 1.29 is 4.74 Å². The third-order valence-electron chi connectivity index (χ3n) is 2.22. The number of aromatic nitrogens is 2. The van der Waals surface area contributed by atoms with Gasteiger partial charge in [-0.15, -0.1) is 0 Å². The summed E-state index contributed by atoms with van der Waals surface area (Å²) in [6.45, 7) is 3.65. The quantitative estimate of drug-likeness (QED) is 0.767. The molecule has 15 heavy (non-hydrogen) atoms. The van der Waals surface area contributed by atoms with Crippen LogP contribution in [-0.4, -0.2) is 37.2 Å². The van der Waals surface area contributed by atoms with Crippen LogP contribution in [0.4, 0.5) is 5.82 Å². The van der Waals surface area contributed by atoms with E-state index in [2.05, 4.69) is 16.9 Å². The van der Waals surface area contributed by atoms with E-state index in [1.54, 1.807) is 7.11 Å². The summed E-state index contributed by atoms with van der Waals surface area (Å²) in [5.74, 6) is 1.87. The predicted molar refractivity (Wildman–Crippen MR) is 60.1 cm³/mol. The molecule has 5 heteroatoms. The molecule has 0 radical (unpaired) electrons. The standard InChI is InChI=1S/C10H18N4O/c1-8(5-11)6-14(2)9-4-10(15-3)13-7-12-9/h4,7-8H,5-6,11H2,1-3H3. The summed E-state index contributed by atoms with van der Waals surface area (Å²) in [7, 11) is 3.57. The summed E-state index contributed by atoms with van der Waals surface area (Å²) in [4.78, 5) is 10.2. The topological polar surface area (TPSA) is 64.3 Å². The van der Waals surface area contributed by atoms with Crippen LogP contribution in [0.2, 0.25) is 0 Å². The molecule has 0 aliphatic heterocycles. The SMILES string of the molecule is COc1cc(N(C)CC(C)CN)ncn1. The molecule has 1 rings (SSSR count). The summed E-state index contributed by atoms with van der Waals surface area (Å²) >= 11 is 0. The Morgan fingerprint density at radius 2 is 2.27 bits per heavy atom. The van der Waals surface area contributed by atoms with E-state index in [0.717, 1.165) is 12.4 Å². The molecule has 0 saturated carbocycles. The molecule has 0 aromatic carbocycles. The van der Waals surface area contributed by atoms with Crippen molar-refractivity contribution in [1.82, 2.24) is 9.97 Å². The fourth-order valence-electron chi connectivity index (χ4n) is 1.29. The van der Waals surface area contributed by atoms with Gasteiger partial charge in [0.15, 0.2) is 0 Å². The summed E-state index contributed by atoms with van der Waals surface area (Å²) in [6, 6.07) is 1.81. The van der Waals surface area contributed by atoms with Gasteiger partial charge in [-0.2, -0.15) is 0 Å². The Balaban J connectivity index is 2.68. The Morgan fingerprint density at radius 3 is 2.87 bits per heavy atom. The molecule has 0 amide bonds. The summed E-state index contributed by atoms with van der Waals surface area (Å²) in [6.07, 6.45) is 1.50. The molecule has 2 N–H and O–H groups in total. The fourth-order valence-corrected chi connectivity index (χ4v) is 1.29. The van der Waals surface area contributed by atoms with Crippen molar-refractivity contribution in [2.24, 2.45) is 11.7 Å². The Bertz CT molecular complexity index is 305. The van der Waals surface area contributed by atoms with Crippen molar-refractivity contribution in [3.63, 3.8) is 0 Å². The maximum absolute atomic E-state index is 5.57. The lowest BCUT2D eigenvalue weighted by atomic mass is 10.2. The number of nitrogens with two attached hydrogens (primary N) is 1. The summed E-state index contributed by atoms with van der Waals surface area (Å²) in [5.41, 5.74) is 5.57. The predicted octanol–water partition coefficient (Wildman–Crippen LogP) is 0.516. The van der Waals surface area contributed by atoms with Crippen LogP contribution >= 0.6 is 0 Å². The number of nitrogens with zero attached hydrogens (tertiary/aromatic N) is 3. The van der Waals surface area contributed by atoms with Crippen LogP contribution < -0.4 is 15.4 Å². The lowest BCUT2D eigenvalue weighted by molar-refractivity contribution is 0.396. The minimum atomic E-state index is 0.441. The Morgan fingerprint density at radius 1 is 1.53 bits per heavy atom. The molecule has 1 aromatic rings. The van der Waals surface area contributed by atoms with Crippen LogP contribution in [0, 0.1) is 5.92 Å². The molecule has 1 aromatic heterocycles. The molecule has 1 heterocycles. The average Bonchev–Trinajstić information content (AvgIpc) is 2.28. The molecule has 0 aliphatic rings. The highest BCUT2D eigenvalue weighted by atomic mass is 16.5. The second-order valence-corrected chi connectivity index (χ2v) is 3.64. The molecule has 0 spiro atoms. The van der Waals surface area contributed by atoms with Gasteiger partial charge in [0.2, 0.25) is 5.88 Å². The molecule has 0 aliphatic carbocycles. The van der Waals surface area contributed by atoms with Crippen molar-refractivity contribution in [3.8, 4) is 5.88 Å². The Labute approximate surface area is 90.3 Å². The lowest BCUT2D eigenvalue weighted by Crippen LogP contribution is -2.28. The monoisotopic (exact) mass is 210 g/mol. The smallest absolute Gasteiger partial charge is 0.218 e. The van der Waals surface area contributed by atoms with Gasteiger partial charge in [0, 0.05) is 19.7 Å². The maximum atomic E-state index is 5.57. The van der Waals surface area contributed by atoms with Crippen molar-refractivity contribution >= 4 is 5.82 Å². The summed E-state index contributed by atoms with van der Waals surface area (Å²) < 4.78 is 5.03. The van der Waals surface area contributed by atoms with Gasteiger partial charge in [-0.25, -0.2) is 9.97 Å². The highest BCUT2D eigenvalue weighted by Gasteiger charge is 2.07. The zero-order valence-corrected chi connectivity index (χ0v) is 9.47. The fraction of sp³-hybridized carbons (Fsp3) is 0.600. The third kappa shape index (κ3) is 3.36. The molecule has 1 atom stereocenters. The molecule has 5 nitrogen and oxygen atoms in total. The van der Waals surface area contributed by atoms with Crippen LogP contribution in [0.3, 0.4) is 0 Å². The van der Waals surface area contributed by atoms with E-state index in [9.17, 15) is 0 Å². The van der Waals surface area contributed by atoms with E-state index in [1.807, 2.05) is 18.0 Å². The molecule has 0 saturated heterocycles. The van der Waals surface area contributed by atoms with E-state index in [4.69, 9.17) is 10.5 Å². The van der Waals surface area contributed by atoms with Gasteiger partial charge in [0.05, 0.1) is 7.11 Å². The Hall–Kier alpha value is -1.36. The second-order valence-electron chi connectivity index (χ2n) is 3.64. The van der Waals surface area contributed by atoms with E-state index in [0.29, 0.717) is 18.3 Å². The first-order valence-electron chi connectivity index (χ1n) is 4.94. The molecule has 1 unspecified atom stereocenters. The van der Waals surface area contributed by atoms with Gasteiger partial charge in [0.1, 0.15) is 12.1 Å². The second kappa shape index (κ2) is 5.50. The van der Waals surface area contributed by atoms with Gasteiger partial charge in [0.25, 0.3) is 0 Å². The zero-order chi connectivity index (χ0) is 11.3. The van der Waals surface area contributed by atoms with E-state index in [1.165, 1.54) is 6.33 Å². The highest BCUT2D eigenvalue weighted by Crippen LogP contribution is 2.14. The minimum Gasteiger partial charge on any atom is -0.481 e. The molecule has 84 valence electrons. The van der Waals surface area contributed by atoms with Gasteiger partial charge in [-0.3, -0.25) is 0 Å². The van der Waals surface area contributed by atoms with Crippen LogP contribution in [0.1, 0.15) is 6.92 Å². The van der Waals surface area contributed by atoms with Crippen LogP contribution in [0.25, 0.3) is 0 Å². The van der Waals surface area contributed by atoms with Crippen molar-refractivity contribution in [1.29, 1.82) is 0 Å². The maximum Gasteiger partial charge on any atom is 0.218 e. The number of ether oxygens (including phenoxy) is 1. The number of anilines is 1. The van der Waals surface area contributed by atoms with E-state index in [-0.39, 0.29) is 0 Å². The molecule has 0 fully saturated rings. The van der Waals surface area contributed by atoms with Crippen LogP contribution in [0.15, 0.2) is 12.4 Å². The number of hydrogen-bond acceptors (Lipinski definition) is 5. The Kier molecular flexibility index (Phi) is 4.30. The number of rotatable bonds is 5. The van der Waals surface area contributed by atoms with Crippen molar-refractivity contribution in [3.05, 3.63) is 12.4 Å². The summed E-state index contributed by atoms with van der Waals surface area (Å²) in [5, 5.41) is 0. The highest BCUT2D eigenvalue weighted by molar-refractivity contribution is 5.39. The van der Waals surface area contributed by atoms with Crippen LogP contribution in [0.5, 0.6) is 5.88 Å². The molecular weight excluding hydrogens is 192 g/mol. The van der Waals surface area contributed by atoms with E-state index >= 15 is 0 Å². The van der Waals surface area contributed by atoms with Gasteiger partial charge < -0.3 is 15.4 Å². The van der Waals surface area contributed by atoms with E-state index < -0.39 is 0 Å². The third-order valence-corrected chi connectivity index (χ3v) is 2.22. The first-order valence-corrected chi connectivity index (χ1v) is 4.94. The number of hydrogen-bond donors (Lipinski definition) is 1. The minimum absolute atomic E-state index is 0.441. The zero-order valence-electron chi connectivity index (χ0n) is 9.47. The van der Waals surface area contributed by atoms with Gasteiger partial charge >= 0.3 is 0 Å². The van der Waals surface area contributed by atoms with Gasteiger partial charge in [-0.05, 0) is 12.5 Å². The number of methoxy groups -OCH3 is 1. The van der Waals surface area contributed by atoms with Crippen LogP contribution in [-0.2, 0) is 0 Å². The largest absolute Gasteiger partial charge is 0.481 e. The first kappa shape index (κ1) is 11.7. The lowest BCUT2D eigenvalue weighted by Gasteiger charge is -2.21.